The van der Waals surface area contributed by atoms with Crippen LogP contribution in [0.4, 0.5) is 0 Å². The van der Waals surface area contributed by atoms with Gasteiger partial charge >= 0.3 is 0 Å². The second-order valence-electron chi connectivity index (χ2n) is 4.73. The molecule has 23 heavy (non-hydrogen) atoms. The van der Waals surface area contributed by atoms with Gasteiger partial charge in [-0.1, -0.05) is 29.3 Å². The molecule has 0 aliphatic carbocycles. The number of benzene rings is 2. The molecule has 2 rings (SSSR count). The molecular weight excluding hydrogens is 339 g/mol. The van der Waals surface area contributed by atoms with Crippen molar-refractivity contribution in [3.8, 4) is 11.5 Å². The van der Waals surface area contributed by atoms with Crippen LogP contribution in [-0.4, -0.2) is 24.3 Å². The van der Waals surface area contributed by atoms with Crippen LogP contribution in [0.25, 0.3) is 0 Å². The summed E-state index contributed by atoms with van der Waals surface area (Å²) in [4.78, 5) is 12.0. The number of amides is 1. The molecule has 0 aliphatic rings. The van der Waals surface area contributed by atoms with Crippen molar-refractivity contribution in [3.63, 3.8) is 0 Å². The molecule has 2 aromatic carbocycles. The third-order valence-corrected chi connectivity index (χ3v) is 3.56. The van der Waals surface area contributed by atoms with E-state index in [4.69, 9.17) is 27.9 Å². The Morgan fingerprint density at radius 2 is 2.04 bits per heavy atom. The van der Waals surface area contributed by atoms with Crippen molar-refractivity contribution in [2.24, 2.45) is 5.10 Å². The van der Waals surface area contributed by atoms with E-state index in [9.17, 15) is 9.90 Å². The summed E-state index contributed by atoms with van der Waals surface area (Å²) in [6, 6.07) is 8.04. The van der Waals surface area contributed by atoms with Crippen LogP contribution >= 0.6 is 23.2 Å². The predicted molar refractivity (Wildman–Crippen MR) is 90.9 cm³/mol. The first-order chi connectivity index (χ1) is 10.9. The molecule has 0 saturated carbocycles. The number of aryl methyl sites for hydroxylation is 1. The highest BCUT2D eigenvalue weighted by Crippen LogP contribution is 2.32. The van der Waals surface area contributed by atoms with E-state index in [0.717, 1.165) is 5.56 Å². The van der Waals surface area contributed by atoms with E-state index in [1.807, 2.05) is 6.92 Å². The molecule has 0 aliphatic heterocycles. The zero-order valence-corrected chi connectivity index (χ0v) is 13.9. The quantitative estimate of drug-likeness (QED) is 0.649. The Morgan fingerprint density at radius 1 is 1.30 bits per heavy atom. The molecule has 0 spiro atoms. The molecule has 0 saturated heterocycles. The Kier molecular flexibility index (Phi) is 5.47. The van der Waals surface area contributed by atoms with Crippen LogP contribution in [0.5, 0.6) is 11.5 Å². The summed E-state index contributed by atoms with van der Waals surface area (Å²) in [5.74, 6) is -0.366. The smallest absolute Gasteiger partial charge is 0.272 e. The van der Waals surface area contributed by atoms with Gasteiger partial charge in [0.15, 0.2) is 11.5 Å². The number of phenolic OH excluding ortho intramolecular Hbond substituents is 1. The summed E-state index contributed by atoms with van der Waals surface area (Å²) in [6.45, 7) is 1.88. The number of nitrogens with one attached hydrogen (secondary N) is 1. The van der Waals surface area contributed by atoms with Gasteiger partial charge in [0, 0.05) is 16.7 Å². The minimum Gasteiger partial charge on any atom is -0.504 e. The lowest BCUT2D eigenvalue weighted by atomic mass is 10.1. The summed E-state index contributed by atoms with van der Waals surface area (Å²) in [5.41, 5.74) is 3.91. The predicted octanol–water partition coefficient (Wildman–Crippen LogP) is 3.78. The van der Waals surface area contributed by atoms with E-state index >= 15 is 0 Å². The third-order valence-electron chi connectivity index (χ3n) is 3.03. The number of halogens is 2. The van der Waals surface area contributed by atoms with E-state index in [-0.39, 0.29) is 11.5 Å². The zero-order chi connectivity index (χ0) is 17.0. The number of hydrogen-bond donors (Lipinski definition) is 2. The van der Waals surface area contributed by atoms with Crippen LogP contribution in [0.3, 0.4) is 0 Å². The first-order valence-electron chi connectivity index (χ1n) is 6.58. The molecular formula is C16H14Cl2N2O3. The molecule has 0 radical (unpaired) electrons. The molecule has 0 fully saturated rings. The maximum Gasteiger partial charge on any atom is 0.272 e. The number of aromatic hydroxyl groups is 1. The fourth-order valence-electron chi connectivity index (χ4n) is 1.87. The van der Waals surface area contributed by atoms with Crippen molar-refractivity contribution in [2.45, 2.75) is 6.92 Å². The minimum absolute atomic E-state index is 0.122. The fourth-order valence-corrected chi connectivity index (χ4v) is 2.41. The van der Waals surface area contributed by atoms with Gasteiger partial charge in [0.1, 0.15) is 0 Å². The number of carbonyl (C=O) groups is 1. The van der Waals surface area contributed by atoms with Gasteiger partial charge < -0.3 is 9.84 Å². The normalized spacial score (nSPS) is 10.8. The standard InChI is InChI=1S/C16H14Cl2N2O3/c1-9-3-4-12(13(18)5-9)16(22)20-19-8-10-6-11(17)7-14(23-2)15(10)21/h3-8,21H,1-2H3,(H,20,22). The first kappa shape index (κ1) is 17.1. The summed E-state index contributed by atoms with van der Waals surface area (Å²) in [6.07, 6.45) is 1.27. The summed E-state index contributed by atoms with van der Waals surface area (Å²) in [5, 5.41) is 14.5. The lowest BCUT2D eigenvalue weighted by molar-refractivity contribution is 0.0955. The zero-order valence-electron chi connectivity index (χ0n) is 12.4. The summed E-state index contributed by atoms with van der Waals surface area (Å²) in [7, 11) is 1.41. The number of carbonyl (C=O) groups excluding carboxylic acids is 1. The van der Waals surface area contributed by atoms with Crippen molar-refractivity contribution in [3.05, 3.63) is 57.1 Å². The number of hydrogen-bond acceptors (Lipinski definition) is 4. The van der Waals surface area contributed by atoms with Gasteiger partial charge in [-0.3, -0.25) is 4.79 Å². The summed E-state index contributed by atoms with van der Waals surface area (Å²) >= 11 is 11.9. The molecule has 2 aromatic rings. The van der Waals surface area contributed by atoms with Gasteiger partial charge in [-0.15, -0.1) is 0 Å². The maximum absolute atomic E-state index is 12.0. The van der Waals surface area contributed by atoms with Gasteiger partial charge in [0.05, 0.1) is 23.9 Å². The van der Waals surface area contributed by atoms with Gasteiger partial charge in [-0.05, 0) is 30.7 Å². The van der Waals surface area contributed by atoms with Crippen LogP contribution in [0, 0.1) is 6.92 Å². The van der Waals surface area contributed by atoms with E-state index in [2.05, 4.69) is 10.5 Å². The number of nitrogens with zero attached hydrogens (tertiary/aromatic N) is 1. The van der Waals surface area contributed by atoms with Crippen molar-refractivity contribution in [1.82, 2.24) is 5.43 Å². The average Bonchev–Trinajstić information content (AvgIpc) is 2.50. The van der Waals surface area contributed by atoms with E-state index in [1.54, 1.807) is 18.2 Å². The van der Waals surface area contributed by atoms with Crippen LogP contribution in [0.2, 0.25) is 10.0 Å². The lowest BCUT2D eigenvalue weighted by Crippen LogP contribution is -2.18. The molecule has 5 nitrogen and oxygen atoms in total. The van der Waals surface area contributed by atoms with Gasteiger partial charge in [0.2, 0.25) is 0 Å². The third kappa shape index (κ3) is 4.15. The van der Waals surface area contributed by atoms with Crippen LogP contribution < -0.4 is 10.2 Å². The topological polar surface area (TPSA) is 70.9 Å². The molecule has 7 heteroatoms. The molecule has 120 valence electrons. The number of rotatable bonds is 4. The maximum atomic E-state index is 12.0. The van der Waals surface area contributed by atoms with Gasteiger partial charge in [0.25, 0.3) is 5.91 Å². The van der Waals surface area contributed by atoms with Crippen LogP contribution in [-0.2, 0) is 0 Å². The van der Waals surface area contributed by atoms with E-state index in [1.165, 1.54) is 25.5 Å². The molecule has 0 bridgehead atoms. The Balaban J connectivity index is 2.16. The lowest BCUT2D eigenvalue weighted by Gasteiger charge is -2.07. The highest BCUT2D eigenvalue weighted by molar-refractivity contribution is 6.34. The molecule has 0 unspecified atom stereocenters. The summed E-state index contributed by atoms with van der Waals surface area (Å²) < 4.78 is 4.99. The minimum atomic E-state index is -0.459. The highest BCUT2D eigenvalue weighted by Gasteiger charge is 2.10. The number of methoxy groups -OCH3 is 1. The molecule has 1 amide bonds. The largest absolute Gasteiger partial charge is 0.504 e. The Hall–Kier alpha value is -2.24. The van der Waals surface area contributed by atoms with Crippen LogP contribution in [0.1, 0.15) is 21.5 Å². The van der Waals surface area contributed by atoms with Crippen molar-refractivity contribution >= 4 is 35.3 Å². The Bertz CT molecular complexity index is 776. The number of ether oxygens (including phenoxy) is 1. The second-order valence-corrected chi connectivity index (χ2v) is 5.57. The molecule has 0 atom stereocenters. The fraction of sp³-hybridized carbons (Fsp3) is 0.125. The van der Waals surface area contributed by atoms with Crippen molar-refractivity contribution in [2.75, 3.05) is 7.11 Å². The number of phenols is 1. The SMILES string of the molecule is COc1cc(Cl)cc(C=NNC(=O)c2ccc(C)cc2Cl)c1O. The van der Waals surface area contributed by atoms with Crippen LogP contribution in [0.15, 0.2) is 35.4 Å². The Morgan fingerprint density at radius 3 is 2.70 bits per heavy atom. The monoisotopic (exact) mass is 352 g/mol. The highest BCUT2D eigenvalue weighted by atomic mass is 35.5. The van der Waals surface area contributed by atoms with Gasteiger partial charge in [-0.25, -0.2) is 5.43 Å². The van der Waals surface area contributed by atoms with E-state index < -0.39 is 5.91 Å². The van der Waals surface area contributed by atoms with Crippen molar-refractivity contribution in [1.29, 1.82) is 0 Å². The Labute approximate surface area is 143 Å². The van der Waals surface area contributed by atoms with Gasteiger partial charge in [-0.2, -0.15) is 5.10 Å². The van der Waals surface area contributed by atoms with Crippen molar-refractivity contribution < 1.29 is 14.6 Å². The molecule has 0 heterocycles. The molecule has 2 N–H and O–H groups in total. The first-order valence-corrected chi connectivity index (χ1v) is 7.34. The second kappa shape index (κ2) is 7.35. The van der Waals surface area contributed by atoms with E-state index in [0.29, 0.717) is 21.2 Å². The molecule has 0 aromatic heterocycles. The average molecular weight is 353 g/mol. The number of hydrazone groups is 1.